The number of hydrogen-bond donors (Lipinski definition) is 0. The fourth-order valence-corrected chi connectivity index (χ4v) is 5.47. The molecule has 2 aliphatic rings. The van der Waals surface area contributed by atoms with E-state index in [9.17, 15) is 8.96 Å². The van der Waals surface area contributed by atoms with Crippen LogP contribution in [0.4, 0.5) is 4.39 Å². The highest BCUT2D eigenvalue weighted by Crippen LogP contribution is 2.52. The van der Waals surface area contributed by atoms with Gasteiger partial charge in [-0.3, -0.25) is 4.57 Å². The van der Waals surface area contributed by atoms with Crippen LogP contribution < -0.4 is 4.74 Å². The fraction of sp³-hybridized carbons (Fsp3) is 0.611. The second-order valence-electron chi connectivity index (χ2n) is 6.42. The second kappa shape index (κ2) is 9.28. The number of rotatable bonds is 9. The topological polar surface area (TPSA) is 69.6 Å². The number of nitrogens with zero attached hydrogens (tertiary/aromatic N) is 2. The van der Waals surface area contributed by atoms with Crippen LogP contribution in [-0.2, 0) is 24.2 Å². The number of halogens is 2. The highest BCUT2D eigenvalue weighted by atomic mass is 127. The van der Waals surface area contributed by atoms with Gasteiger partial charge >= 0.3 is 7.60 Å². The Balaban J connectivity index is 1.96. The molecule has 0 radical (unpaired) electrons. The van der Waals surface area contributed by atoms with Crippen molar-refractivity contribution in [2.24, 2.45) is 5.16 Å². The highest BCUT2D eigenvalue weighted by Gasteiger charge is 2.52. The Hall–Kier alpha value is -0.900. The van der Waals surface area contributed by atoms with Crippen LogP contribution in [0.2, 0.25) is 0 Å². The van der Waals surface area contributed by atoms with E-state index in [1.165, 1.54) is 12.1 Å². The van der Waals surface area contributed by atoms with Gasteiger partial charge in [0.2, 0.25) is 5.72 Å². The summed E-state index contributed by atoms with van der Waals surface area (Å²) in [5, 5.41) is 4.25. The standard InChI is InChI=1S/C18H25FIN2O5P/c1-3-25-28(23,26-4-2)13-17-21-27-18(22(17)10-5-9-20)8-11-24-16-7-6-14(19)12-15(16)18/h6-7,12H,3-5,8-11,13H2,1-2H3. The molecule has 0 amide bonds. The lowest BCUT2D eigenvalue weighted by atomic mass is 9.94. The lowest BCUT2D eigenvalue weighted by Crippen LogP contribution is -2.50. The molecule has 3 rings (SSSR count). The van der Waals surface area contributed by atoms with Gasteiger partial charge in [0.1, 0.15) is 17.7 Å². The van der Waals surface area contributed by atoms with Gasteiger partial charge in [0.25, 0.3) is 0 Å². The summed E-state index contributed by atoms with van der Waals surface area (Å²) in [4.78, 5) is 7.89. The molecular formula is C18H25FIN2O5P. The molecule has 2 aliphatic heterocycles. The smallest absolute Gasteiger partial charge is 0.338 e. The third-order valence-electron chi connectivity index (χ3n) is 4.61. The number of ether oxygens (including phenoxy) is 1. The van der Waals surface area contributed by atoms with Crippen molar-refractivity contribution in [1.82, 2.24) is 4.90 Å². The molecule has 0 bridgehead atoms. The van der Waals surface area contributed by atoms with E-state index in [1.54, 1.807) is 19.9 Å². The third kappa shape index (κ3) is 4.32. The first-order valence-corrected chi connectivity index (χ1v) is 12.6. The molecule has 0 fully saturated rings. The predicted molar refractivity (Wildman–Crippen MR) is 113 cm³/mol. The van der Waals surface area contributed by atoms with E-state index in [-0.39, 0.29) is 25.2 Å². The largest absolute Gasteiger partial charge is 0.493 e. The summed E-state index contributed by atoms with van der Waals surface area (Å²) in [7, 11) is -3.36. The van der Waals surface area contributed by atoms with Crippen molar-refractivity contribution in [1.29, 1.82) is 0 Å². The van der Waals surface area contributed by atoms with Crippen molar-refractivity contribution in [2.45, 2.75) is 32.4 Å². The Morgan fingerprint density at radius 1 is 1.36 bits per heavy atom. The summed E-state index contributed by atoms with van der Waals surface area (Å²) >= 11 is 2.30. The zero-order chi connectivity index (χ0) is 20.2. The van der Waals surface area contributed by atoms with E-state index in [0.29, 0.717) is 36.7 Å². The average molecular weight is 526 g/mol. The Labute approximate surface area is 178 Å². The quantitative estimate of drug-likeness (QED) is 0.268. The monoisotopic (exact) mass is 526 g/mol. The van der Waals surface area contributed by atoms with Gasteiger partial charge in [-0.05, 0) is 38.5 Å². The molecule has 1 atom stereocenters. The molecule has 0 aromatic heterocycles. The normalized spacial score (nSPS) is 21.3. The number of fused-ring (bicyclic) bond motifs is 2. The van der Waals surface area contributed by atoms with Gasteiger partial charge in [0, 0.05) is 17.4 Å². The summed E-state index contributed by atoms with van der Waals surface area (Å²) in [6.45, 7) is 5.11. The summed E-state index contributed by atoms with van der Waals surface area (Å²) in [6.07, 6.45) is 1.35. The Morgan fingerprint density at radius 3 is 2.79 bits per heavy atom. The van der Waals surface area contributed by atoms with E-state index < -0.39 is 13.3 Å². The molecule has 1 unspecified atom stereocenters. The average Bonchev–Trinajstić information content (AvgIpc) is 2.98. The van der Waals surface area contributed by atoms with Gasteiger partial charge in [0.05, 0.1) is 25.4 Å². The predicted octanol–water partition coefficient (Wildman–Crippen LogP) is 4.50. The van der Waals surface area contributed by atoms with Crippen molar-refractivity contribution in [3.8, 4) is 5.75 Å². The van der Waals surface area contributed by atoms with Crippen molar-refractivity contribution in [2.75, 3.05) is 37.0 Å². The molecule has 7 nitrogen and oxygen atoms in total. The summed E-state index contributed by atoms with van der Waals surface area (Å²) < 4.78 is 44.6. The third-order valence-corrected chi connectivity index (χ3v) is 7.35. The van der Waals surface area contributed by atoms with Crippen LogP contribution in [-0.4, -0.2) is 47.7 Å². The molecular weight excluding hydrogens is 501 g/mol. The number of benzene rings is 1. The maximum atomic E-state index is 14.0. The first-order valence-electron chi connectivity index (χ1n) is 9.37. The molecule has 2 heterocycles. The number of oxime groups is 1. The maximum absolute atomic E-state index is 14.0. The molecule has 10 heteroatoms. The van der Waals surface area contributed by atoms with Crippen LogP contribution in [0.3, 0.4) is 0 Å². The number of alkyl halides is 1. The van der Waals surface area contributed by atoms with Gasteiger partial charge in [-0.25, -0.2) is 4.39 Å². The molecule has 156 valence electrons. The minimum absolute atomic E-state index is 0.00316. The van der Waals surface area contributed by atoms with Crippen LogP contribution in [0.25, 0.3) is 0 Å². The van der Waals surface area contributed by atoms with Crippen LogP contribution in [0.15, 0.2) is 23.4 Å². The van der Waals surface area contributed by atoms with Crippen molar-refractivity contribution < 1.29 is 27.6 Å². The Kier molecular flexibility index (Phi) is 7.22. The molecule has 1 aromatic rings. The molecule has 0 saturated carbocycles. The Morgan fingerprint density at radius 2 is 2.11 bits per heavy atom. The van der Waals surface area contributed by atoms with Gasteiger partial charge < -0.3 is 23.5 Å². The molecule has 0 aliphatic carbocycles. The summed E-state index contributed by atoms with van der Waals surface area (Å²) in [5.41, 5.74) is -0.381. The summed E-state index contributed by atoms with van der Waals surface area (Å²) in [6, 6.07) is 4.39. The summed E-state index contributed by atoms with van der Waals surface area (Å²) in [5.74, 6) is 0.692. The maximum Gasteiger partial charge on any atom is 0.338 e. The van der Waals surface area contributed by atoms with Crippen LogP contribution >= 0.6 is 30.2 Å². The lowest BCUT2D eigenvalue weighted by molar-refractivity contribution is -0.127. The van der Waals surface area contributed by atoms with Crippen molar-refractivity contribution in [3.05, 3.63) is 29.6 Å². The van der Waals surface area contributed by atoms with Crippen LogP contribution in [0, 0.1) is 5.82 Å². The zero-order valence-electron chi connectivity index (χ0n) is 16.0. The molecule has 0 N–H and O–H groups in total. The molecule has 28 heavy (non-hydrogen) atoms. The fourth-order valence-electron chi connectivity index (χ4n) is 3.51. The SMILES string of the molecule is CCOP(=O)(CC1=NOC2(CCOc3ccc(F)cc32)N1CCCI)OCC. The van der Waals surface area contributed by atoms with Crippen molar-refractivity contribution >= 4 is 36.0 Å². The van der Waals surface area contributed by atoms with E-state index in [2.05, 4.69) is 27.7 Å². The minimum Gasteiger partial charge on any atom is -0.493 e. The second-order valence-corrected chi connectivity index (χ2v) is 9.55. The first kappa shape index (κ1) is 21.8. The number of amidine groups is 1. The van der Waals surface area contributed by atoms with Gasteiger partial charge in [-0.2, -0.15) is 0 Å². The van der Waals surface area contributed by atoms with E-state index in [1.807, 2.05) is 4.90 Å². The highest BCUT2D eigenvalue weighted by molar-refractivity contribution is 14.1. The van der Waals surface area contributed by atoms with Crippen molar-refractivity contribution in [3.63, 3.8) is 0 Å². The van der Waals surface area contributed by atoms with Crippen LogP contribution in [0.5, 0.6) is 5.75 Å². The van der Waals surface area contributed by atoms with E-state index in [0.717, 1.165) is 10.8 Å². The minimum atomic E-state index is -3.36. The molecule has 1 spiro atoms. The number of hydrogen-bond acceptors (Lipinski definition) is 7. The lowest BCUT2D eigenvalue weighted by Gasteiger charge is -2.41. The van der Waals surface area contributed by atoms with Gasteiger partial charge in [-0.1, -0.05) is 27.7 Å². The zero-order valence-corrected chi connectivity index (χ0v) is 19.1. The van der Waals surface area contributed by atoms with Gasteiger partial charge in [-0.15, -0.1) is 0 Å². The van der Waals surface area contributed by atoms with E-state index >= 15 is 0 Å². The first-order chi connectivity index (χ1) is 13.5. The molecule has 0 saturated heterocycles. The van der Waals surface area contributed by atoms with Gasteiger partial charge in [0.15, 0.2) is 5.84 Å². The molecule has 1 aromatic carbocycles. The Bertz CT molecular complexity index is 770. The van der Waals surface area contributed by atoms with E-state index in [4.69, 9.17) is 18.6 Å². The van der Waals surface area contributed by atoms with Crippen LogP contribution in [0.1, 0.15) is 32.3 Å².